The fourth-order valence-corrected chi connectivity index (χ4v) is 2.76. The highest BCUT2D eigenvalue weighted by Gasteiger charge is 2.14. The van der Waals surface area contributed by atoms with Crippen LogP contribution in [0.4, 0.5) is 5.69 Å². The minimum Gasteiger partial charge on any atom is -0.496 e. The van der Waals surface area contributed by atoms with E-state index in [0.717, 1.165) is 33.9 Å². The Balaban J connectivity index is 2.23. The predicted octanol–water partition coefficient (Wildman–Crippen LogP) is 3.86. The van der Waals surface area contributed by atoms with Gasteiger partial charge >= 0.3 is 0 Å². The van der Waals surface area contributed by atoms with Gasteiger partial charge in [0.2, 0.25) is 0 Å². The van der Waals surface area contributed by atoms with Gasteiger partial charge in [-0.05, 0) is 43.7 Å². The number of halogens is 1. The number of imidazole rings is 1. The Bertz CT molecular complexity index is 839. The maximum Gasteiger partial charge on any atom is 0.161 e. The van der Waals surface area contributed by atoms with Crippen LogP contribution < -0.4 is 10.5 Å². The van der Waals surface area contributed by atoms with Crippen LogP contribution in [0.3, 0.4) is 0 Å². The van der Waals surface area contributed by atoms with Crippen LogP contribution in [0.1, 0.15) is 11.3 Å². The summed E-state index contributed by atoms with van der Waals surface area (Å²) in [6, 6.07) is 7.72. The van der Waals surface area contributed by atoms with E-state index < -0.39 is 0 Å². The fourth-order valence-electron chi connectivity index (χ4n) is 2.55. The molecule has 0 fully saturated rings. The molecular formula is C16H16ClN3O. The molecule has 2 N–H and O–H groups in total. The third-order valence-electron chi connectivity index (χ3n) is 3.62. The highest BCUT2D eigenvalue weighted by molar-refractivity contribution is 6.30. The quantitative estimate of drug-likeness (QED) is 0.782. The Morgan fingerprint density at radius 2 is 2.00 bits per heavy atom. The molecule has 0 saturated heterocycles. The third kappa shape index (κ3) is 2.21. The first kappa shape index (κ1) is 13.8. The maximum absolute atomic E-state index is 6.07. The van der Waals surface area contributed by atoms with Crippen molar-refractivity contribution in [2.24, 2.45) is 0 Å². The van der Waals surface area contributed by atoms with E-state index >= 15 is 0 Å². The molecule has 3 rings (SSSR count). The standard InChI is InChI=1S/C16H16ClN3O/c1-9-6-11(4-5-14(9)21-3)15-10(2)20-8-12(17)7-13(18)16(20)19-15/h4-8H,18H2,1-3H3. The van der Waals surface area contributed by atoms with Gasteiger partial charge in [-0.1, -0.05) is 11.6 Å². The molecule has 0 bridgehead atoms. The Kier molecular flexibility index (Phi) is 3.26. The number of rotatable bonds is 2. The van der Waals surface area contributed by atoms with Crippen molar-refractivity contribution < 1.29 is 4.74 Å². The van der Waals surface area contributed by atoms with Crippen molar-refractivity contribution in [3.05, 3.63) is 46.7 Å². The Morgan fingerprint density at radius 3 is 2.67 bits per heavy atom. The monoisotopic (exact) mass is 301 g/mol. The Labute approximate surface area is 128 Å². The summed E-state index contributed by atoms with van der Waals surface area (Å²) in [5.41, 5.74) is 11.3. The minimum absolute atomic E-state index is 0.571. The topological polar surface area (TPSA) is 52.5 Å². The van der Waals surface area contributed by atoms with Crippen molar-refractivity contribution in [2.45, 2.75) is 13.8 Å². The molecule has 0 radical (unpaired) electrons. The molecule has 5 heteroatoms. The number of aryl methyl sites for hydroxylation is 2. The Morgan fingerprint density at radius 1 is 1.24 bits per heavy atom. The first-order chi connectivity index (χ1) is 10.0. The number of pyridine rings is 1. The zero-order valence-corrected chi connectivity index (χ0v) is 12.9. The van der Waals surface area contributed by atoms with Gasteiger partial charge in [0.05, 0.1) is 23.5 Å². The summed E-state index contributed by atoms with van der Waals surface area (Å²) in [6.07, 6.45) is 1.83. The second kappa shape index (κ2) is 4.97. The van der Waals surface area contributed by atoms with Crippen molar-refractivity contribution >= 4 is 22.9 Å². The normalized spacial score (nSPS) is 11.0. The van der Waals surface area contributed by atoms with E-state index in [0.29, 0.717) is 10.7 Å². The van der Waals surface area contributed by atoms with Gasteiger partial charge in [0.15, 0.2) is 5.65 Å². The van der Waals surface area contributed by atoms with Crippen LogP contribution >= 0.6 is 11.6 Å². The van der Waals surface area contributed by atoms with Gasteiger partial charge in [-0.25, -0.2) is 4.98 Å². The van der Waals surface area contributed by atoms with Crippen molar-refractivity contribution in [3.8, 4) is 17.0 Å². The number of hydrogen-bond donors (Lipinski definition) is 1. The molecule has 108 valence electrons. The number of nitrogen functional groups attached to an aromatic ring is 1. The van der Waals surface area contributed by atoms with E-state index in [1.54, 1.807) is 13.2 Å². The van der Waals surface area contributed by atoms with E-state index in [4.69, 9.17) is 22.1 Å². The number of fused-ring (bicyclic) bond motifs is 1. The average molecular weight is 302 g/mol. The van der Waals surface area contributed by atoms with Crippen molar-refractivity contribution in [1.29, 1.82) is 0 Å². The van der Waals surface area contributed by atoms with Crippen LogP contribution in [-0.4, -0.2) is 16.5 Å². The third-order valence-corrected chi connectivity index (χ3v) is 3.83. The lowest BCUT2D eigenvalue weighted by atomic mass is 10.1. The van der Waals surface area contributed by atoms with Crippen molar-refractivity contribution in [2.75, 3.05) is 12.8 Å². The van der Waals surface area contributed by atoms with E-state index in [2.05, 4.69) is 11.1 Å². The molecule has 3 aromatic rings. The summed E-state index contributed by atoms with van der Waals surface area (Å²) in [4.78, 5) is 4.66. The maximum atomic E-state index is 6.07. The molecular weight excluding hydrogens is 286 g/mol. The molecule has 21 heavy (non-hydrogen) atoms. The average Bonchev–Trinajstić information content (AvgIpc) is 2.77. The van der Waals surface area contributed by atoms with E-state index in [1.807, 2.05) is 36.6 Å². The van der Waals surface area contributed by atoms with Crippen LogP contribution in [0.15, 0.2) is 30.5 Å². The van der Waals surface area contributed by atoms with Crippen LogP contribution in [0, 0.1) is 13.8 Å². The number of nitrogens with two attached hydrogens (primary N) is 1. The summed E-state index contributed by atoms with van der Waals surface area (Å²) in [7, 11) is 1.67. The predicted molar refractivity (Wildman–Crippen MR) is 86.1 cm³/mol. The van der Waals surface area contributed by atoms with Gasteiger partial charge < -0.3 is 14.9 Å². The lowest BCUT2D eigenvalue weighted by molar-refractivity contribution is 0.412. The molecule has 0 saturated carbocycles. The molecule has 0 aliphatic carbocycles. The number of methoxy groups -OCH3 is 1. The molecule has 0 unspecified atom stereocenters. The zero-order chi connectivity index (χ0) is 15.1. The first-order valence-electron chi connectivity index (χ1n) is 6.60. The van der Waals surface area contributed by atoms with E-state index in [-0.39, 0.29) is 0 Å². The zero-order valence-electron chi connectivity index (χ0n) is 12.1. The number of nitrogens with zero attached hydrogens (tertiary/aromatic N) is 2. The van der Waals surface area contributed by atoms with E-state index in [1.165, 1.54) is 0 Å². The van der Waals surface area contributed by atoms with Crippen molar-refractivity contribution in [1.82, 2.24) is 9.38 Å². The number of ether oxygens (including phenoxy) is 1. The largest absolute Gasteiger partial charge is 0.496 e. The second-order valence-corrected chi connectivity index (χ2v) is 5.47. The lowest BCUT2D eigenvalue weighted by Gasteiger charge is -2.06. The van der Waals surface area contributed by atoms with Crippen LogP contribution in [-0.2, 0) is 0 Å². The molecule has 1 aromatic carbocycles. The van der Waals surface area contributed by atoms with Gasteiger partial charge in [-0.3, -0.25) is 0 Å². The van der Waals surface area contributed by atoms with Crippen molar-refractivity contribution in [3.63, 3.8) is 0 Å². The first-order valence-corrected chi connectivity index (χ1v) is 6.97. The number of aromatic nitrogens is 2. The number of benzene rings is 1. The highest BCUT2D eigenvalue weighted by atomic mass is 35.5. The highest BCUT2D eigenvalue weighted by Crippen LogP contribution is 2.30. The van der Waals surface area contributed by atoms with Gasteiger partial charge in [-0.15, -0.1) is 0 Å². The summed E-state index contributed by atoms with van der Waals surface area (Å²) >= 11 is 6.07. The molecule has 2 heterocycles. The summed E-state index contributed by atoms with van der Waals surface area (Å²) < 4.78 is 7.22. The molecule has 2 aromatic heterocycles. The summed E-state index contributed by atoms with van der Waals surface area (Å²) in [5.74, 6) is 0.864. The fraction of sp³-hybridized carbons (Fsp3) is 0.188. The van der Waals surface area contributed by atoms with Crippen LogP contribution in [0.25, 0.3) is 16.9 Å². The number of hydrogen-bond acceptors (Lipinski definition) is 3. The summed E-state index contributed by atoms with van der Waals surface area (Å²) in [6.45, 7) is 4.02. The minimum atomic E-state index is 0.571. The molecule has 4 nitrogen and oxygen atoms in total. The SMILES string of the molecule is COc1ccc(-c2nc3c(N)cc(Cl)cn3c2C)cc1C. The molecule has 0 aliphatic rings. The molecule has 0 amide bonds. The molecule has 0 spiro atoms. The molecule has 0 atom stereocenters. The van der Waals surface area contributed by atoms with Crippen LogP contribution in [0.2, 0.25) is 5.02 Å². The van der Waals surface area contributed by atoms with Gasteiger partial charge in [0, 0.05) is 17.5 Å². The van der Waals surface area contributed by atoms with E-state index in [9.17, 15) is 0 Å². The van der Waals surface area contributed by atoms with Gasteiger partial charge in [0.1, 0.15) is 5.75 Å². The lowest BCUT2D eigenvalue weighted by Crippen LogP contribution is -1.93. The van der Waals surface area contributed by atoms with Gasteiger partial charge in [-0.2, -0.15) is 0 Å². The number of anilines is 1. The Hall–Kier alpha value is -2.20. The summed E-state index contributed by atoms with van der Waals surface area (Å²) in [5, 5.41) is 0.595. The smallest absolute Gasteiger partial charge is 0.161 e. The van der Waals surface area contributed by atoms with Gasteiger partial charge in [0.25, 0.3) is 0 Å². The molecule has 0 aliphatic heterocycles. The van der Waals surface area contributed by atoms with Crippen LogP contribution in [0.5, 0.6) is 5.75 Å². The second-order valence-electron chi connectivity index (χ2n) is 5.04.